The lowest BCUT2D eigenvalue weighted by atomic mass is 10.2. The van der Waals surface area contributed by atoms with Crippen molar-refractivity contribution in [2.75, 3.05) is 17.7 Å². The van der Waals surface area contributed by atoms with Crippen LogP contribution in [0.5, 0.6) is 11.6 Å². The molecule has 0 aliphatic rings. The molecule has 3 aromatic rings. The highest BCUT2D eigenvalue weighted by atomic mass is 19.4. The van der Waals surface area contributed by atoms with Gasteiger partial charge in [0.2, 0.25) is 5.88 Å². The van der Waals surface area contributed by atoms with Crippen LogP contribution in [-0.4, -0.2) is 34.6 Å². The second kappa shape index (κ2) is 8.42. The molecule has 1 amide bonds. The lowest BCUT2D eigenvalue weighted by molar-refractivity contribution is -0.274. The number of nitrogens with one attached hydrogen (secondary N) is 2. The summed E-state index contributed by atoms with van der Waals surface area (Å²) in [7, 11) is 1.43. The van der Waals surface area contributed by atoms with Crippen LogP contribution in [0.1, 0.15) is 10.5 Å². The van der Waals surface area contributed by atoms with Gasteiger partial charge in [-0.05, 0) is 30.3 Å². The van der Waals surface area contributed by atoms with Crippen LogP contribution < -0.4 is 20.1 Å². The predicted octanol–water partition coefficient (Wildman–Crippen LogP) is 3.77. The van der Waals surface area contributed by atoms with Gasteiger partial charge < -0.3 is 20.1 Å². The number of alkyl halides is 3. The van der Waals surface area contributed by atoms with Gasteiger partial charge >= 0.3 is 6.36 Å². The van der Waals surface area contributed by atoms with Gasteiger partial charge in [0, 0.05) is 18.3 Å². The summed E-state index contributed by atoms with van der Waals surface area (Å²) < 4.78 is 46.5. The van der Waals surface area contributed by atoms with Gasteiger partial charge in [-0.15, -0.1) is 23.4 Å². The summed E-state index contributed by atoms with van der Waals surface area (Å²) in [6, 6.07) is 11.2. The lowest BCUT2D eigenvalue weighted by Crippen LogP contribution is -2.18. The second-order valence-corrected chi connectivity index (χ2v) is 5.51. The molecule has 0 aliphatic heterocycles. The van der Waals surface area contributed by atoms with E-state index in [1.165, 1.54) is 25.4 Å². The summed E-state index contributed by atoms with van der Waals surface area (Å²) in [6.07, 6.45) is -3.46. The Bertz CT molecular complexity index is 982. The molecule has 0 unspecified atom stereocenters. The molecule has 0 saturated carbocycles. The number of aromatic nitrogens is 3. The molecule has 2 heterocycles. The monoisotopic (exact) mass is 405 g/mol. The number of carbonyl (C=O) groups excluding carboxylic acids is 1. The highest BCUT2D eigenvalue weighted by Gasteiger charge is 2.31. The lowest BCUT2D eigenvalue weighted by Gasteiger charge is -2.15. The fraction of sp³-hybridized carbons (Fsp3) is 0.111. The maximum atomic E-state index is 12.6. The summed E-state index contributed by atoms with van der Waals surface area (Å²) in [5, 5.41) is 13.1. The Morgan fingerprint density at radius 1 is 1.03 bits per heavy atom. The Balaban J connectivity index is 1.90. The number of rotatable bonds is 6. The van der Waals surface area contributed by atoms with Crippen LogP contribution in [-0.2, 0) is 0 Å². The quantitative estimate of drug-likeness (QED) is 0.644. The molecule has 0 atom stereocenters. The third kappa shape index (κ3) is 5.54. The minimum absolute atomic E-state index is 0.0278. The van der Waals surface area contributed by atoms with Crippen LogP contribution in [0.15, 0.2) is 54.7 Å². The molecule has 3 rings (SSSR count). The van der Waals surface area contributed by atoms with E-state index in [0.29, 0.717) is 0 Å². The van der Waals surface area contributed by atoms with Gasteiger partial charge in [-0.25, -0.2) is 0 Å². The van der Waals surface area contributed by atoms with Crippen LogP contribution in [0.25, 0.3) is 0 Å². The Labute approximate surface area is 162 Å². The van der Waals surface area contributed by atoms with E-state index in [9.17, 15) is 18.0 Å². The average molecular weight is 405 g/mol. The number of hydrogen-bond donors (Lipinski definition) is 2. The third-order valence-corrected chi connectivity index (χ3v) is 3.48. The maximum absolute atomic E-state index is 12.6. The van der Waals surface area contributed by atoms with Crippen molar-refractivity contribution in [3.8, 4) is 11.6 Å². The molecule has 0 spiro atoms. The first-order chi connectivity index (χ1) is 13.8. The van der Waals surface area contributed by atoms with E-state index in [0.717, 1.165) is 12.1 Å². The van der Waals surface area contributed by atoms with Gasteiger partial charge in [-0.2, -0.15) is 0 Å². The zero-order valence-corrected chi connectivity index (χ0v) is 14.9. The van der Waals surface area contributed by atoms with E-state index < -0.39 is 18.0 Å². The van der Waals surface area contributed by atoms with Crippen LogP contribution in [0.2, 0.25) is 0 Å². The zero-order chi connectivity index (χ0) is 20.9. The molecule has 2 aromatic heterocycles. The van der Waals surface area contributed by atoms with Crippen molar-refractivity contribution in [3.63, 3.8) is 0 Å². The van der Waals surface area contributed by atoms with Gasteiger partial charge in [-0.1, -0.05) is 6.07 Å². The average Bonchev–Trinajstić information content (AvgIpc) is 2.70. The van der Waals surface area contributed by atoms with Crippen molar-refractivity contribution in [2.45, 2.75) is 6.36 Å². The number of carbonyl (C=O) groups is 1. The second-order valence-electron chi connectivity index (χ2n) is 5.51. The van der Waals surface area contributed by atoms with Crippen LogP contribution >= 0.6 is 0 Å². The van der Waals surface area contributed by atoms with E-state index in [2.05, 4.69) is 30.6 Å². The predicted molar refractivity (Wildman–Crippen MR) is 97.2 cm³/mol. The molecule has 8 nitrogen and oxygen atoms in total. The number of hydrogen-bond acceptors (Lipinski definition) is 7. The maximum Gasteiger partial charge on any atom is 0.573 e. The van der Waals surface area contributed by atoms with Gasteiger partial charge in [0.15, 0.2) is 5.82 Å². The van der Waals surface area contributed by atoms with Crippen LogP contribution in [0.4, 0.5) is 30.4 Å². The number of amides is 1. The number of pyridine rings is 1. The summed E-state index contributed by atoms with van der Waals surface area (Å²) >= 11 is 0. The number of ether oxygens (including phenoxy) is 2. The Hall–Kier alpha value is -3.89. The van der Waals surface area contributed by atoms with E-state index in [1.54, 1.807) is 24.3 Å². The van der Waals surface area contributed by atoms with E-state index in [1.807, 2.05) is 0 Å². The fourth-order valence-electron chi connectivity index (χ4n) is 2.25. The molecule has 0 saturated heterocycles. The van der Waals surface area contributed by atoms with Crippen molar-refractivity contribution in [2.24, 2.45) is 0 Å². The SMILES string of the molecule is COc1ccc(Nc2ccc(OC(F)(F)F)cc2NC(=O)c2ccccn2)nn1. The smallest absolute Gasteiger partial charge is 0.480 e. The molecule has 0 radical (unpaired) electrons. The Kier molecular flexibility index (Phi) is 5.77. The normalized spacial score (nSPS) is 10.9. The summed E-state index contributed by atoms with van der Waals surface area (Å²) in [5.41, 5.74) is 0.383. The molecular formula is C18H14F3N5O3. The van der Waals surface area contributed by atoms with Crippen molar-refractivity contribution < 1.29 is 27.4 Å². The number of halogens is 3. The largest absolute Gasteiger partial charge is 0.573 e. The van der Waals surface area contributed by atoms with E-state index in [-0.39, 0.29) is 28.8 Å². The van der Waals surface area contributed by atoms with Crippen molar-refractivity contribution >= 4 is 23.1 Å². The molecule has 11 heteroatoms. The number of anilines is 3. The standard InChI is InChI=1S/C18H14F3N5O3/c1-28-16-8-7-15(25-26-16)23-12-6-5-11(29-18(19,20)21)10-14(12)24-17(27)13-4-2-3-9-22-13/h2-10H,1H3,(H,23,25)(H,24,27). The molecule has 2 N–H and O–H groups in total. The first kappa shape index (κ1) is 19.9. The molecule has 150 valence electrons. The first-order valence-corrected chi connectivity index (χ1v) is 8.11. The Morgan fingerprint density at radius 3 is 2.48 bits per heavy atom. The first-order valence-electron chi connectivity index (χ1n) is 8.11. The van der Waals surface area contributed by atoms with E-state index in [4.69, 9.17) is 4.74 Å². The van der Waals surface area contributed by atoms with Gasteiger partial charge in [0.1, 0.15) is 11.4 Å². The van der Waals surface area contributed by atoms with Crippen LogP contribution in [0, 0.1) is 0 Å². The van der Waals surface area contributed by atoms with Crippen LogP contribution in [0.3, 0.4) is 0 Å². The number of nitrogens with zero attached hydrogens (tertiary/aromatic N) is 3. The molecule has 0 bridgehead atoms. The minimum atomic E-state index is -4.88. The molecular weight excluding hydrogens is 391 g/mol. The minimum Gasteiger partial charge on any atom is -0.480 e. The van der Waals surface area contributed by atoms with Crippen molar-refractivity contribution in [1.29, 1.82) is 0 Å². The molecule has 0 aliphatic carbocycles. The van der Waals surface area contributed by atoms with Gasteiger partial charge in [0.05, 0.1) is 18.5 Å². The van der Waals surface area contributed by atoms with Gasteiger partial charge in [0.25, 0.3) is 5.91 Å². The Morgan fingerprint density at radius 2 is 1.86 bits per heavy atom. The number of methoxy groups -OCH3 is 1. The molecule has 1 aromatic carbocycles. The summed E-state index contributed by atoms with van der Waals surface area (Å²) in [5.74, 6) is -0.546. The number of benzene rings is 1. The fourth-order valence-corrected chi connectivity index (χ4v) is 2.25. The third-order valence-electron chi connectivity index (χ3n) is 3.48. The zero-order valence-electron chi connectivity index (χ0n) is 14.9. The van der Waals surface area contributed by atoms with Crippen molar-refractivity contribution in [3.05, 3.63) is 60.4 Å². The van der Waals surface area contributed by atoms with Crippen molar-refractivity contribution in [1.82, 2.24) is 15.2 Å². The summed E-state index contributed by atoms with van der Waals surface area (Å²) in [4.78, 5) is 16.3. The highest BCUT2D eigenvalue weighted by Crippen LogP contribution is 2.32. The topological polar surface area (TPSA) is 98.3 Å². The van der Waals surface area contributed by atoms with Gasteiger partial charge in [-0.3, -0.25) is 9.78 Å². The molecule has 0 fully saturated rings. The molecule has 29 heavy (non-hydrogen) atoms. The van der Waals surface area contributed by atoms with E-state index >= 15 is 0 Å². The summed E-state index contributed by atoms with van der Waals surface area (Å²) in [6.45, 7) is 0. The highest BCUT2D eigenvalue weighted by molar-refractivity contribution is 6.05.